The van der Waals surface area contributed by atoms with Crippen LogP contribution in [0, 0.1) is 11.6 Å². The van der Waals surface area contributed by atoms with Crippen LogP contribution in [0.3, 0.4) is 0 Å². The number of ether oxygens (including phenoxy) is 1. The lowest BCUT2D eigenvalue weighted by atomic mass is 10.2. The Kier molecular flexibility index (Phi) is 7.78. The monoisotopic (exact) mass is 452 g/mol. The number of nitrogens with one attached hydrogen (secondary N) is 1. The number of amides is 1. The fourth-order valence-electron chi connectivity index (χ4n) is 2.76. The molecule has 0 unspecified atom stereocenters. The second-order valence-corrected chi connectivity index (χ2v) is 7.63. The molecule has 3 rings (SSSR count). The van der Waals surface area contributed by atoms with Gasteiger partial charge in [0.05, 0.1) is 10.8 Å². The van der Waals surface area contributed by atoms with E-state index in [1.54, 1.807) is 13.2 Å². The van der Waals surface area contributed by atoms with E-state index in [1.807, 2.05) is 22.8 Å². The van der Waals surface area contributed by atoms with Crippen LogP contribution in [0.5, 0.6) is 0 Å². The molecule has 0 bridgehead atoms. The number of carbonyl (C=O) groups is 1. The maximum Gasteiger partial charge on any atom is 0.234 e. The van der Waals surface area contributed by atoms with Crippen LogP contribution in [0.1, 0.15) is 6.42 Å². The normalized spacial score (nSPS) is 10.9. The predicted molar refractivity (Wildman–Crippen MR) is 113 cm³/mol. The minimum Gasteiger partial charge on any atom is -0.385 e. The number of nitrogens with zero attached hydrogens (tertiary/aromatic N) is 3. The van der Waals surface area contributed by atoms with Crippen molar-refractivity contribution in [3.05, 3.63) is 59.1 Å². The first-order valence-electron chi connectivity index (χ1n) is 9.03. The summed E-state index contributed by atoms with van der Waals surface area (Å²) in [5, 5.41) is 12.0. The molecule has 1 amide bonds. The quantitative estimate of drug-likeness (QED) is 0.378. The number of hydrogen-bond donors (Lipinski definition) is 1. The third-order valence-corrected chi connectivity index (χ3v) is 5.34. The highest BCUT2D eigenvalue weighted by molar-refractivity contribution is 7.99. The van der Waals surface area contributed by atoms with Crippen LogP contribution in [0.15, 0.2) is 47.6 Å². The summed E-state index contributed by atoms with van der Waals surface area (Å²) in [6, 6.07) is 10.1. The average Bonchev–Trinajstić information content (AvgIpc) is 3.09. The highest BCUT2D eigenvalue weighted by Gasteiger charge is 2.17. The Labute approximate surface area is 181 Å². The summed E-state index contributed by atoms with van der Waals surface area (Å²) >= 11 is 7.47. The first-order valence-corrected chi connectivity index (χ1v) is 10.4. The zero-order chi connectivity index (χ0) is 21.5. The molecule has 0 aliphatic heterocycles. The van der Waals surface area contributed by atoms with E-state index in [0.717, 1.165) is 23.8 Å². The van der Waals surface area contributed by atoms with Gasteiger partial charge in [0.15, 0.2) is 11.0 Å². The molecule has 0 saturated heterocycles. The van der Waals surface area contributed by atoms with Gasteiger partial charge in [-0.05, 0) is 30.7 Å². The van der Waals surface area contributed by atoms with Crippen molar-refractivity contribution in [2.45, 2.75) is 18.1 Å². The molecular formula is C20H19ClF2N4O2S. The number of thioether (sulfide) groups is 1. The van der Waals surface area contributed by atoms with Crippen LogP contribution in [0.4, 0.5) is 14.5 Å². The summed E-state index contributed by atoms with van der Waals surface area (Å²) in [5.74, 6) is -1.37. The van der Waals surface area contributed by atoms with E-state index in [0.29, 0.717) is 35.6 Å². The molecule has 3 aromatic rings. The number of anilines is 1. The standard InChI is InChI=1S/C20H19ClF2N4O2S/c1-29-8-4-7-27-19(16-5-2-3-6-17(16)21)25-26-20(27)30-12-18(28)24-15-10-13(22)9-14(23)11-15/h2-3,5-6,9-11H,4,7-8,12H2,1H3,(H,24,28). The van der Waals surface area contributed by atoms with E-state index in [4.69, 9.17) is 16.3 Å². The summed E-state index contributed by atoms with van der Waals surface area (Å²) in [4.78, 5) is 12.2. The second kappa shape index (κ2) is 10.5. The van der Waals surface area contributed by atoms with Crippen molar-refractivity contribution in [2.75, 3.05) is 24.8 Å². The van der Waals surface area contributed by atoms with Crippen molar-refractivity contribution in [1.82, 2.24) is 14.8 Å². The molecule has 0 atom stereocenters. The Bertz CT molecular complexity index is 1010. The van der Waals surface area contributed by atoms with Gasteiger partial charge in [-0.25, -0.2) is 8.78 Å². The summed E-state index contributed by atoms with van der Waals surface area (Å²) < 4.78 is 33.6. The molecular weight excluding hydrogens is 434 g/mol. The fraction of sp³-hybridized carbons (Fsp3) is 0.250. The minimum absolute atomic E-state index is 0.0108. The third kappa shape index (κ3) is 5.78. The molecule has 6 nitrogen and oxygen atoms in total. The van der Waals surface area contributed by atoms with Gasteiger partial charge >= 0.3 is 0 Å². The topological polar surface area (TPSA) is 69.0 Å². The van der Waals surface area contributed by atoms with Crippen molar-refractivity contribution in [1.29, 1.82) is 0 Å². The first kappa shape index (κ1) is 22.2. The molecule has 1 heterocycles. The molecule has 1 N–H and O–H groups in total. The van der Waals surface area contributed by atoms with E-state index in [-0.39, 0.29) is 11.4 Å². The summed E-state index contributed by atoms with van der Waals surface area (Å²) in [7, 11) is 1.62. The molecule has 0 aliphatic carbocycles. The van der Waals surface area contributed by atoms with Crippen LogP contribution >= 0.6 is 23.4 Å². The Morgan fingerprint density at radius 3 is 2.63 bits per heavy atom. The third-order valence-electron chi connectivity index (χ3n) is 4.04. The van der Waals surface area contributed by atoms with Crippen LogP contribution in [-0.4, -0.2) is 40.1 Å². The smallest absolute Gasteiger partial charge is 0.234 e. The molecule has 2 aromatic carbocycles. The number of hydrogen-bond acceptors (Lipinski definition) is 5. The summed E-state index contributed by atoms with van der Waals surface area (Å²) in [6.07, 6.45) is 0.717. The van der Waals surface area contributed by atoms with Gasteiger partial charge in [0.25, 0.3) is 0 Å². The second-order valence-electron chi connectivity index (χ2n) is 6.28. The van der Waals surface area contributed by atoms with Crippen molar-refractivity contribution >= 4 is 35.0 Å². The molecule has 0 fully saturated rings. The van der Waals surface area contributed by atoms with Gasteiger partial charge in [0.1, 0.15) is 11.6 Å². The van der Waals surface area contributed by atoms with Crippen LogP contribution in [0.2, 0.25) is 5.02 Å². The molecule has 10 heteroatoms. The van der Waals surface area contributed by atoms with Gasteiger partial charge in [-0.3, -0.25) is 4.79 Å². The van der Waals surface area contributed by atoms with E-state index >= 15 is 0 Å². The lowest BCUT2D eigenvalue weighted by molar-refractivity contribution is -0.113. The van der Waals surface area contributed by atoms with Crippen molar-refractivity contribution in [2.24, 2.45) is 0 Å². The van der Waals surface area contributed by atoms with Crippen LogP contribution < -0.4 is 5.32 Å². The Morgan fingerprint density at radius 1 is 1.20 bits per heavy atom. The maximum absolute atomic E-state index is 13.3. The number of aromatic nitrogens is 3. The Hall–Kier alpha value is -2.49. The van der Waals surface area contributed by atoms with E-state index in [2.05, 4.69) is 15.5 Å². The number of carbonyl (C=O) groups excluding carboxylic acids is 1. The van der Waals surface area contributed by atoms with Crippen molar-refractivity contribution in [3.8, 4) is 11.4 Å². The molecule has 0 radical (unpaired) electrons. The summed E-state index contributed by atoms with van der Waals surface area (Å²) in [6.45, 7) is 1.12. The van der Waals surface area contributed by atoms with Crippen molar-refractivity contribution < 1.29 is 18.3 Å². The van der Waals surface area contributed by atoms with Gasteiger partial charge in [-0.15, -0.1) is 10.2 Å². The Morgan fingerprint density at radius 2 is 1.93 bits per heavy atom. The molecule has 0 spiro atoms. The maximum atomic E-state index is 13.3. The zero-order valence-corrected chi connectivity index (χ0v) is 17.6. The molecule has 0 saturated carbocycles. The number of benzene rings is 2. The highest BCUT2D eigenvalue weighted by atomic mass is 35.5. The zero-order valence-electron chi connectivity index (χ0n) is 16.1. The molecule has 158 valence electrons. The SMILES string of the molecule is COCCCn1c(SCC(=O)Nc2cc(F)cc(F)c2)nnc1-c1ccccc1Cl. The van der Waals surface area contributed by atoms with E-state index in [9.17, 15) is 13.6 Å². The van der Waals surface area contributed by atoms with Gasteiger partial charge in [0, 0.05) is 37.6 Å². The predicted octanol–water partition coefficient (Wildman–Crippen LogP) is 4.64. The lowest BCUT2D eigenvalue weighted by Gasteiger charge is -2.11. The molecule has 0 aliphatic rings. The van der Waals surface area contributed by atoms with Gasteiger partial charge in [-0.1, -0.05) is 35.5 Å². The molecule has 30 heavy (non-hydrogen) atoms. The van der Waals surface area contributed by atoms with Crippen LogP contribution in [0.25, 0.3) is 11.4 Å². The highest BCUT2D eigenvalue weighted by Crippen LogP contribution is 2.29. The van der Waals surface area contributed by atoms with Gasteiger partial charge < -0.3 is 14.6 Å². The largest absolute Gasteiger partial charge is 0.385 e. The van der Waals surface area contributed by atoms with Crippen molar-refractivity contribution in [3.63, 3.8) is 0 Å². The Balaban J connectivity index is 1.74. The van der Waals surface area contributed by atoms with E-state index < -0.39 is 17.5 Å². The van der Waals surface area contributed by atoms with E-state index in [1.165, 1.54) is 11.8 Å². The minimum atomic E-state index is -0.764. The number of halogens is 3. The van der Waals surface area contributed by atoms with Crippen LogP contribution in [-0.2, 0) is 16.1 Å². The molecule has 1 aromatic heterocycles. The lowest BCUT2D eigenvalue weighted by Crippen LogP contribution is -2.15. The average molecular weight is 453 g/mol. The van der Waals surface area contributed by atoms with Gasteiger partial charge in [-0.2, -0.15) is 0 Å². The summed E-state index contributed by atoms with van der Waals surface area (Å²) in [5.41, 5.74) is 0.784. The fourth-order valence-corrected chi connectivity index (χ4v) is 3.74. The van der Waals surface area contributed by atoms with Gasteiger partial charge in [0.2, 0.25) is 5.91 Å². The first-order chi connectivity index (χ1) is 14.5. The number of rotatable bonds is 9. The number of methoxy groups -OCH3 is 1.